The molecule has 0 aromatic carbocycles. The fraction of sp³-hybridized carbons (Fsp3) is 0.706. The number of hydrogen-bond acceptors (Lipinski definition) is 2. The van der Waals surface area contributed by atoms with Crippen LogP contribution in [0.25, 0.3) is 0 Å². The van der Waals surface area contributed by atoms with Crippen molar-refractivity contribution < 1.29 is 4.79 Å². The molecule has 0 radical (unpaired) electrons. The van der Waals surface area contributed by atoms with Crippen molar-refractivity contribution in [3.63, 3.8) is 0 Å². The predicted molar refractivity (Wildman–Crippen MR) is 82.0 cm³/mol. The summed E-state index contributed by atoms with van der Waals surface area (Å²) in [4.78, 5) is 14.1. The van der Waals surface area contributed by atoms with Gasteiger partial charge >= 0.3 is 0 Å². The summed E-state index contributed by atoms with van der Waals surface area (Å²) in [6, 6.07) is 0.475. The van der Waals surface area contributed by atoms with Gasteiger partial charge in [0.1, 0.15) is 0 Å². The Balaban J connectivity index is 2.33. The molecule has 0 spiro atoms. The predicted octanol–water partition coefficient (Wildman–Crippen LogP) is 4.33. The Bertz CT molecular complexity index is 333. The fourth-order valence-corrected chi connectivity index (χ4v) is 2.50. The molecule has 0 aromatic heterocycles. The van der Waals surface area contributed by atoms with E-state index in [-0.39, 0.29) is 0 Å². The lowest BCUT2D eigenvalue weighted by molar-refractivity contribution is -0.118. The van der Waals surface area contributed by atoms with E-state index < -0.39 is 0 Å². The van der Waals surface area contributed by atoms with Crippen LogP contribution in [-0.2, 0) is 4.79 Å². The van der Waals surface area contributed by atoms with Crippen molar-refractivity contribution in [1.82, 2.24) is 4.90 Å². The average Bonchev–Trinajstić information content (AvgIpc) is 2.88. The molecule has 1 rings (SSSR count). The summed E-state index contributed by atoms with van der Waals surface area (Å²) in [6.07, 6.45) is 12.9. The lowest BCUT2D eigenvalue weighted by Gasteiger charge is -2.22. The standard InChI is InChI=1S/C17H29NO/c1-14(2)8-7-9-15(3)18(4)13-12-17(19)16-10-5-6-11-16/h8,12-13,15-16H,5-7,9-11H2,1-4H3/b13-12+. The monoisotopic (exact) mass is 263 g/mol. The van der Waals surface area contributed by atoms with Gasteiger partial charge in [0.25, 0.3) is 0 Å². The molecule has 2 heteroatoms. The maximum absolute atomic E-state index is 12.0. The molecule has 0 aromatic rings. The first-order valence-corrected chi connectivity index (χ1v) is 7.58. The maximum Gasteiger partial charge on any atom is 0.160 e. The number of nitrogens with zero attached hydrogens (tertiary/aromatic N) is 1. The van der Waals surface area contributed by atoms with Crippen LogP contribution in [0.2, 0.25) is 0 Å². The van der Waals surface area contributed by atoms with E-state index in [2.05, 4.69) is 38.8 Å². The van der Waals surface area contributed by atoms with Crippen LogP contribution >= 0.6 is 0 Å². The number of ketones is 1. The molecule has 1 aliphatic rings. The van der Waals surface area contributed by atoms with Gasteiger partial charge in [0.2, 0.25) is 0 Å². The molecule has 1 fully saturated rings. The van der Waals surface area contributed by atoms with E-state index in [0.717, 1.165) is 25.7 Å². The zero-order valence-corrected chi connectivity index (χ0v) is 13.0. The summed E-state index contributed by atoms with van der Waals surface area (Å²) in [5.41, 5.74) is 1.38. The van der Waals surface area contributed by atoms with Gasteiger partial charge in [-0.05, 0) is 52.5 Å². The Morgan fingerprint density at radius 3 is 2.53 bits per heavy atom. The van der Waals surface area contributed by atoms with Crippen molar-refractivity contribution in [3.8, 4) is 0 Å². The summed E-state index contributed by atoms with van der Waals surface area (Å²) in [7, 11) is 2.06. The number of hydrogen-bond donors (Lipinski definition) is 0. The minimum atomic E-state index is 0.297. The highest BCUT2D eigenvalue weighted by molar-refractivity contribution is 5.91. The van der Waals surface area contributed by atoms with Crippen LogP contribution in [0.1, 0.15) is 59.3 Å². The topological polar surface area (TPSA) is 20.3 Å². The number of rotatable bonds is 7. The van der Waals surface area contributed by atoms with Gasteiger partial charge in [0.05, 0.1) is 0 Å². The van der Waals surface area contributed by atoms with E-state index in [1.54, 1.807) is 6.08 Å². The van der Waals surface area contributed by atoms with Crippen LogP contribution in [0.3, 0.4) is 0 Å². The van der Waals surface area contributed by atoms with E-state index in [1.165, 1.54) is 18.4 Å². The largest absolute Gasteiger partial charge is 0.378 e. The molecule has 0 amide bonds. The van der Waals surface area contributed by atoms with Crippen molar-refractivity contribution in [1.29, 1.82) is 0 Å². The van der Waals surface area contributed by atoms with Crippen molar-refractivity contribution in [2.24, 2.45) is 5.92 Å². The Kier molecular flexibility index (Phi) is 6.90. The molecule has 19 heavy (non-hydrogen) atoms. The van der Waals surface area contributed by atoms with E-state index in [4.69, 9.17) is 0 Å². The number of carbonyl (C=O) groups excluding carboxylic acids is 1. The maximum atomic E-state index is 12.0. The minimum absolute atomic E-state index is 0.297. The third-order valence-corrected chi connectivity index (χ3v) is 4.06. The SMILES string of the molecule is CC(C)=CCCC(C)N(C)/C=C/C(=O)C1CCCC1. The van der Waals surface area contributed by atoms with Gasteiger partial charge in [-0.25, -0.2) is 0 Å². The molecule has 1 aliphatic carbocycles. The first-order valence-electron chi connectivity index (χ1n) is 7.58. The summed E-state index contributed by atoms with van der Waals surface area (Å²) >= 11 is 0. The second-order valence-electron chi connectivity index (χ2n) is 6.07. The van der Waals surface area contributed by atoms with Crippen LogP contribution < -0.4 is 0 Å². The van der Waals surface area contributed by atoms with Crippen molar-refractivity contribution in [2.45, 2.75) is 65.3 Å². The van der Waals surface area contributed by atoms with Gasteiger partial charge in [-0.3, -0.25) is 4.79 Å². The van der Waals surface area contributed by atoms with Crippen LogP contribution in [-0.4, -0.2) is 23.8 Å². The van der Waals surface area contributed by atoms with E-state index in [0.29, 0.717) is 17.7 Å². The molecular formula is C17H29NO. The van der Waals surface area contributed by atoms with Gasteiger partial charge in [-0.15, -0.1) is 0 Å². The lowest BCUT2D eigenvalue weighted by Crippen LogP contribution is -2.24. The molecule has 0 bridgehead atoms. The highest BCUT2D eigenvalue weighted by Crippen LogP contribution is 2.25. The third-order valence-electron chi connectivity index (χ3n) is 4.06. The summed E-state index contributed by atoms with van der Waals surface area (Å²) in [5, 5.41) is 0. The van der Waals surface area contributed by atoms with Crippen molar-refractivity contribution in [3.05, 3.63) is 23.9 Å². The quantitative estimate of drug-likeness (QED) is 0.503. The lowest BCUT2D eigenvalue weighted by atomic mass is 10.0. The Hall–Kier alpha value is -1.05. The molecule has 2 nitrogen and oxygen atoms in total. The van der Waals surface area contributed by atoms with Crippen LogP contribution in [0.4, 0.5) is 0 Å². The molecular weight excluding hydrogens is 234 g/mol. The Morgan fingerprint density at radius 1 is 1.32 bits per heavy atom. The zero-order chi connectivity index (χ0) is 14.3. The number of carbonyl (C=O) groups is 1. The van der Waals surface area contributed by atoms with Crippen molar-refractivity contribution in [2.75, 3.05) is 7.05 Å². The molecule has 0 N–H and O–H groups in total. The molecule has 0 aliphatic heterocycles. The second kappa shape index (κ2) is 8.19. The minimum Gasteiger partial charge on any atom is -0.378 e. The molecule has 108 valence electrons. The van der Waals surface area contributed by atoms with Crippen LogP contribution in [0, 0.1) is 5.92 Å². The Morgan fingerprint density at radius 2 is 1.95 bits per heavy atom. The molecule has 1 saturated carbocycles. The van der Waals surface area contributed by atoms with Gasteiger partial charge < -0.3 is 4.90 Å². The first kappa shape index (κ1) is 16.0. The summed E-state index contributed by atoms with van der Waals surface area (Å²) in [6.45, 7) is 6.48. The van der Waals surface area contributed by atoms with E-state index in [1.807, 2.05) is 6.20 Å². The molecule has 1 atom stereocenters. The van der Waals surface area contributed by atoms with Crippen molar-refractivity contribution >= 4 is 5.78 Å². The van der Waals surface area contributed by atoms with Gasteiger partial charge in [-0.1, -0.05) is 24.5 Å². The second-order valence-corrected chi connectivity index (χ2v) is 6.07. The smallest absolute Gasteiger partial charge is 0.160 e. The van der Waals surface area contributed by atoms with Crippen LogP contribution in [0.15, 0.2) is 23.9 Å². The first-order chi connectivity index (χ1) is 9.00. The van der Waals surface area contributed by atoms with E-state index >= 15 is 0 Å². The normalized spacial score (nSPS) is 17.7. The highest BCUT2D eigenvalue weighted by Gasteiger charge is 2.20. The van der Waals surface area contributed by atoms with Gasteiger partial charge in [0, 0.05) is 25.2 Å². The highest BCUT2D eigenvalue weighted by atomic mass is 16.1. The van der Waals surface area contributed by atoms with Crippen LogP contribution in [0.5, 0.6) is 0 Å². The fourth-order valence-electron chi connectivity index (χ4n) is 2.50. The summed E-state index contributed by atoms with van der Waals surface area (Å²) < 4.78 is 0. The van der Waals surface area contributed by atoms with Gasteiger partial charge in [-0.2, -0.15) is 0 Å². The van der Waals surface area contributed by atoms with E-state index in [9.17, 15) is 4.79 Å². The Labute approximate surface area is 118 Å². The third kappa shape index (κ3) is 6.09. The number of allylic oxidation sites excluding steroid dienone is 3. The zero-order valence-electron chi connectivity index (χ0n) is 13.0. The molecule has 0 saturated heterocycles. The molecule has 1 unspecified atom stereocenters. The van der Waals surface area contributed by atoms with Gasteiger partial charge in [0.15, 0.2) is 5.78 Å². The molecule has 0 heterocycles. The summed E-state index contributed by atoms with van der Waals surface area (Å²) in [5.74, 6) is 0.617. The average molecular weight is 263 g/mol.